The van der Waals surface area contributed by atoms with Gasteiger partial charge in [0, 0.05) is 39.1 Å². The van der Waals surface area contributed by atoms with Gasteiger partial charge in [-0.1, -0.05) is 30.3 Å². The van der Waals surface area contributed by atoms with Gasteiger partial charge < -0.3 is 14.1 Å². The predicted octanol–water partition coefficient (Wildman–Crippen LogP) is 4.68. The third-order valence-corrected chi connectivity index (χ3v) is 6.38. The van der Waals surface area contributed by atoms with Crippen LogP contribution >= 0.6 is 0 Å². The number of pyridine rings is 1. The number of carbonyl (C=O) groups is 1. The summed E-state index contributed by atoms with van der Waals surface area (Å²) in [5.41, 5.74) is 3.76. The van der Waals surface area contributed by atoms with Crippen molar-refractivity contribution in [1.82, 2.24) is 14.8 Å². The topological polar surface area (TPSA) is 58.8 Å². The molecule has 0 atom stereocenters. The van der Waals surface area contributed by atoms with E-state index in [4.69, 9.17) is 9.15 Å². The maximum Gasteiger partial charge on any atom is 0.289 e. The standard InChI is InChI=1S/C27H33N3O3/c1-21-6-3-4-8-24(21)19-29-14-11-22(12-15-29)17-30(18-23-7-5-13-28-16-23)27(31)26-10-9-25(33-26)20-32-2/h3-10,13,16,22H,11-12,14-15,17-20H2,1-2H3. The van der Waals surface area contributed by atoms with Crippen molar-refractivity contribution in [2.45, 2.75) is 39.5 Å². The molecule has 1 fully saturated rings. The molecule has 1 amide bonds. The molecule has 0 unspecified atom stereocenters. The highest BCUT2D eigenvalue weighted by molar-refractivity contribution is 5.91. The fourth-order valence-corrected chi connectivity index (χ4v) is 4.47. The summed E-state index contributed by atoms with van der Waals surface area (Å²) < 4.78 is 10.9. The van der Waals surface area contributed by atoms with Crippen LogP contribution < -0.4 is 0 Å². The number of methoxy groups -OCH3 is 1. The molecule has 1 aliphatic heterocycles. The van der Waals surface area contributed by atoms with Gasteiger partial charge in [-0.25, -0.2) is 0 Å². The molecule has 1 aromatic carbocycles. The summed E-state index contributed by atoms with van der Waals surface area (Å²) in [5, 5.41) is 0. The molecule has 6 heteroatoms. The first kappa shape index (κ1) is 23.2. The summed E-state index contributed by atoms with van der Waals surface area (Å²) in [6, 6.07) is 16.1. The highest BCUT2D eigenvalue weighted by atomic mass is 16.5. The van der Waals surface area contributed by atoms with Gasteiger partial charge in [-0.2, -0.15) is 0 Å². The van der Waals surface area contributed by atoms with Crippen LogP contribution in [0.4, 0.5) is 0 Å². The van der Waals surface area contributed by atoms with Crippen LogP contribution in [0.1, 0.15) is 45.8 Å². The number of nitrogens with zero attached hydrogens (tertiary/aromatic N) is 3. The van der Waals surface area contributed by atoms with Crippen molar-refractivity contribution >= 4 is 5.91 Å². The van der Waals surface area contributed by atoms with E-state index in [1.165, 1.54) is 11.1 Å². The van der Waals surface area contributed by atoms with Crippen LogP contribution in [0.15, 0.2) is 65.3 Å². The van der Waals surface area contributed by atoms with E-state index in [0.29, 0.717) is 37.1 Å². The Morgan fingerprint density at radius 1 is 1.15 bits per heavy atom. The van der Waals surface area contributed by atoms with Crippen molar-refractivity contribution in [2.75, 3.05) is 26.7 Å². The van der Waals surface area contributed by atoms with Crippen LogP contribution in [-0.4, -0.2) is 47.4 Å². The minimum absolute atomic E-state index is 0.0800. The number of likely N-dealkylation sites (tertiary alicyclic amines) is 1. The number of hydrogen-bond acceptors (Lipinski definition) is 5. The molecule has 33 heavy (non-hydrogen) atoms. The average Bonchev–Trinajstić information content (AvgIpc) is 3.30. The van der Waals surface area contributed by atoms with Crippen LogP contribution in [0.25, 0.3) is 0 Å². The molecule has 0 saturated carbocycles. The molecule has 0 N–H and O–H groups in total. The fraction of sp³-hybridized carbons (Fsp3) is 0.407. The van der Waals surface area contributed by atoms with Crippen LogP contribution in [0, 0.1) is 12.8 Å². The van der Waals surface area contributed by atoms with Gasteiger partial charge in [0.05, 0.1) is 0 Å². The highest BCUT2D eigenvalue weighted by Crippen LogP contribution is 2.23. The molecule has 0 bridgehead atoms. The van der Waals surface area contributed by atoms with Crippen LogP contribution in [0.2, 0.25) is 0 Å². The first-order valence-corrected chi connectivity index (χ1v) is 11.6. The van der Waals surface area contributed by atoms with E-state index < -0.39 is 0 Å². The number of furan rings is 1. The molecule has 3 aromatic rings. The van der Waals surface area contributed by atoms with E-state index in [1.807, 2.05) is 29.3 Å². The second kappa shape index (κ2) is 11.3. The number of hydrogen-bond donors (Lipinski definition) is 0. The summed E-state index contributed by atoms with van der Waals surface area (Å²) >= 11 is 0. The molecular formula is C27H33N3O3. The van der Waals surface area contributed by atoms with Crippen molar-refractivity contribution in [3.05, 3.63) is 89.1 Å². The number of aromatic nitrogens is 1. The monoisotopic (exact) mass is 447 g/mol. The van der Waals surface area contributed by atoms with Crippen molar-refractivity contribution < 1.29 is 13.9 Å². The summed E-state index contributed by atoms with van der Waals surface area (Å²) in [5.74, 6) is 1.41. The van der Waals surface area contributed by atoms with Gasteiger partial charge in [0.1, 0.15) is 12.4 Å². The zero-order valence-electron chi connectivity index (χ0n) is 19.6. The number of piperidine rings is 1. The molecule has 174 valence electrons. The van der Waals surface area contributed by atoms with Crippen molar-refractivity contribution in [2.24, 2.45) is 5.92 Å². The summed E-state index contributed by atoms with van der Waals surface area (Å²) in [4.78, 5) is 22.0. The van der Waals surface area contributed by atoms with Gasteiger partial charge in [0.2, 0.25) is 0 Å². The van der Waals surface area contributed by atoms with Gasteiger partial charge in [-0.15, -0.1) is 0 Å². The third-order valence-electron chi connectivity index (χ3n) is 6.38. The second-order valence-electron chi connectivity index (χ2n) is 8.89. The maximum absolute atomic E-state index is 13.3. The molecule has 1 saturated heterocycles. The molecular weight excluding hydrogens is 414 g/mol. The lowest BCUT2D eigenvalue weighted by atomic mass is 9.95. The molecule has 0 aliphatic carbocycles. The van der Waals surface area contributed by atoms with Gasteiger partial charge in [-0.3, -0.25) is 14.7 Å². The minimum atomic E-state index is -0.0800. The SMILES string of the molecule is COCc1ccc(C(=O)N(Cc2cccnc2)CC2CCN(Cc3ccccc3C)CC2)o1. The Kier molecular flexibility index (Phi) is 7.92. The van der Waals surface area contributed by atoms with E-state index in [-0.39, 0.29) is 5.91 Å². The number of ether oxygens (including phenoxy) is 1. The Morgan fingerprint density at radius 2 is 1.97 bits per heavy atom. The van der Waals surface area contributed by atoms with Crippen molar-refractivity contribution in [3.8, 4) is 0 Å². The third kappa shape index (κ3) is 6.30. The Morgan fingerprint density at radius 3 is 2.70 bits per heavy atom. The largest absolute Gasteiger partial charge is 0.453 e. The number of rotatable bonds is 9. The molecule has 1 aliphatic rings. The van der Waals surface area contributed by atoms with E-state index in [1.54, 1.807) is 19.4 Å². The molecule has 0 spiro atoms. The lowest BCUT2D eigenvalue weighted by Gasteiger charge is -2.35. The molecule has 4 rings (SSSR count). The van der Waals surface area contributed by atoms with Crippen molar-refractivity contribution in [3.63, 3.8) is 0 Å². The highest BCUT2D eigenvalue weighted by Gasteiger charge is 2.26. The van der Waals surface area contributed by atoms with Crippen LogP contribution in [0.3, 0.4) is 0 Å². The molecule has 2 aromatic heterocycles. The molecule has 0 radical (unpaired) electrons. The number of carbonyl (C=O) groups excluding carboxylic acids is 1. The van der Waals surface area contributed by atoms with Gasteiger partial charge >= 0.3 is 0 Å². The Hall–Kier alpha value is -2.96. The van der Waals surface area contributed by atoms with E-state index in [9.17, 15) is 4.79 Å². The average molecular weight is 448 g/mol. The Balaban J connectivity index is 1.39. The van der Waals surface area contributed by atoms with Gasteiger partial charge in [0.25, 0.3) is 5.91 Å². The number of amides is 1. The normalized spacial score (nSPS) is 15.0. The zero-order valence-corrected chi connectivity index (χ0v) is 19.6. The summed E-state index contributed by atoms with van der Waals surface area (Å²) in [7, 11) is 1.62. The number of benzene rings is 1. The van der Waals surface area contributed by atoms with E-state index >= 15 is 0 Å². The van der Waals surface area contributed by atoms with Crippen molar-refractivity contribution in [1.29, 1.82) is 0 Å². The number of aryl methyl sites for hydroxylation is 1. The fourth-order valence-electron chi connectivity index (χ4n) is 4.47. The quantitative estimate of drug-likeness (QED) is 0.477. The van der Waals surface area contributed by atoms with Crippen LogP contribution in [-0.2, 0) is 24.4 Å². The lowest BCUT2D eigenvalue weighted by Crippen LogP contribution is -2.40. The van der Waals surface area contributed by atoms with E-state index in [2.05, 4.69) is 41.1 Å². The van der Waals surface area contributed by atoms with Crippen LogP contribution in [0.5, 0.6) is 0 Å². The molecule has 3 heterocycles. The maximum atomic E-state index is 13.3. The predicted molar refractivity (Wildman–Crippen MR) is 128 cm³/mol. The first-order chi connectivity index (χ1) is 16.1. The molecule has 6 nitrogen and oxygen atoms in total. The second-order valence-corrected chi connectivity index (χ2v) is 8.89. The summed E-state index contributed by atoms with van der Waals surface area (Å²) in [6.45, 7) is 6.86. The van der Waals surface area contributed by atoms with E-state index in [0.717, 1.165) is 38.0 Å². The van der Waals surface area contributed by atoms with Gasteiger partial charge in [-0.05, 0) is 73.7 Å². The Labute approximate surface area is 196 Å². The Bertz CT molecular complexity index is 1030. The first-order valence-electron chi connectivity index (χ1n) is 11.6. The minimum Gasteiger partial charge on any atom is -0.453 e. The zero-order chi connectivity index (χ0) is 23.0. The summed E-state index contributed by atoms with van der Waals surface area (Å²) in [6.07, 6.45) is 5.73. The van der Waals surface area contributed by atoms with Gasteiger partial charge in [0.15, 0.2) is 5.76 Å². The smallest absolute Gasteiger partial charge is 0.289 e. The lowest BCUT2D eigenvalue weighted by molar-refractivity contribution is 0.0633.